The quantitative estimate of drug-likeness (QED) is 0.757. The third-order valence-corrected chi connectivity index (χ3v) is 2.85. The van der Waals surface area contributed by atoms with Gasteiger partial charge in [-0.15, -0.1) is 0 Å². The molecule has 82 valence electrons. The molecule has 0 aromatic carbocycles. The van der Waals surface area contributed by atoms with E-state index in [0.29, 0.717) is 5.92 Å². The summed E-state index contributed by atoms with van der Waals surface area (Å²) in [5.41, 5.74) is 1.24. The maximum absolute atomic E-state index is 4.38. The van der Waals surface area contributed by atoms with Crippen LogP contribution in [0.2, 0.25) is 0 Å². The number of hydrogen-bond donors (Lipinski definition) is 0. The van der Waals surface area contributed by atoms with Crippen LogP contribution in [-0.4, -0.2) is 28.0 Å². The second-order valence-corrected chi connectivity index (χ2v) is 4.59. The summed E-state index contributed by atoms with van der Waals surface area (Å²) < 4.78 is 0. The average Bonchev–Trinajstić information content (AvgIpc) is 2.71. The SMILES string of the molecule is CC(C)c1ncc(CN2CCCC2)cn1. The van der Waals surface area contributed by atoms with E-state index in [0.717, 1.165) is 12.4 Å². The Morgan fingerprint density at radius 3 is 2.33 bits per heavy atom. The predicted octanol–water partition coefficient (Wildman–Crippen LogP) is 2.20. The summed E-state index contributed by atoms with van der Waals surface area (Å²) in [4.78, 5) is 11.2. The zero-order valence-corrected chi connectivity index (χ0v) is 9.61. The third kappa shape index (κ3) is 2.75. The summed E-state index contributed by atoms with van der Waals surface area (Å²) >= 11 is 0. The van der Waals surface area contributed by atoms with Crippen molar-refractivity contribution in [1.29, 1.82) is 0 Å². The monoisotopic (exact) mass is 205 g/mol. The van der Waals surface area contributed by atoms with Gasteiger partial charge in [0, 0.05) is 30.4 Å². The Hall–Kier alpha value is -0.960. The zero-order valence-electron chi connectivity index (χ0n) is 9.61. The van der Waals surface area contributed by atoms with E-state index in [-0.39, 0.29) is 0 Å². The lowest BCUT2D eigenvalue weighted by Gasteiger charge is -2.14. The Morgan fingerprint density at radius 2 is 1.80 bits per heavy atom. The molecule has 3 heteroatoms. The largest absolute Gasteiger partial charge is 0.299 e. The molecule has 2 heterocycles. The van der Waals surface area contributed by atoms with Crippen molar-refractivity contribution in [2.75, 3.05) is 13.1 Å². The van der Waals surface area contributed by atoms with Gasteiger partial charge < -0.3 is 0 Å². The van der Waals surface area contributed by atoms with Crippen LogP contribution < -0.4 is 0 Å². The standard InChI is InChI=1S/C12H19N3/c1-10(2)12-13-7-11(8-14-12)9-15-5-3-4-6-15/h7-8,10H,3-6,9H2,1-2H3. The molecule has 0 saturated carbocycles. The van der Waals surface area contributed by atoms with Crippen LogP contribution in [0.25, 0.3) is 0 Å². The first-order valence-electron chi connectivity index (χ1n) is 5.79. The Kier molecular flexibility index (Phi) is 3.31. The molecule has 1 aliphatic heterocycles. The molecule has 0 bridgehead atoms. The van der Waals surface area contributed by atoms with Crippen molar-refractivity contribution < 1.29 is 0 Å². The molecule has 1 saturated heterocycles. The van der Waals surface area contributed by atoms with Crippen molar-refractivity contribution in [1.82, 2.24) is 14.9 Å². The summed E-state index contributed by atoms with van der Waals surface area (Å²) in [6.07, 6.45) is 6.62. The molecular weight excluding hydrogens is 186 g/mol. The molecule has 0 spiro atoms. The first kappa shape index (κ1) is 10.6. The van der Waals surface area contributed by atoms with Gasteiger partial charge in [-0.3, -0.25) is 4.90 Å². The van der Waals surface area contributed by atoms with Crippen LogP contribution in [0, 0.1) is 0 Å². The molecule has 0 N–H and O–H groups in total. The first-order valence-corrected chi connectivity index (χ1v) is 5.79. The van der Waals surface area contributed by atoms with E-state index in [1.54, 1.807) is 0 Å². The van der Waals surface area contributed by atoms with E-state index in [2.05, 4.69) is 28.7 Å². The smallest absolute Gasteiger partial charge is 0.130 e. The summed E-state index contributed by atoms with van der Waals surface area (Å²) in [7, 11) is 0. The molecule has 1 aliphatic rings. The number of likely N-dealkylation sites (tertiary alicyclic amines) is 1. The minimum Gasteiger partial charge on any atom is -0.299 e. The van der Waals surface area contributed by atoms with Crippen molar-refractivity contribution in [3.05, 3.63) is 23.8 Å². The molecule has 3 nitrogen and oxygen atoms in total. The lowest BCUT2D eigenvalue weighted by atomic mass is 10.2. The van der Waals surface area contributed by atoms with Crippen LogP contribution in [0.15, 0.2) is 12.4 Å². The van der Waals surface area contributed by atoms with Crippen LogP contribution >= 0.6 is 0 Å². The topological polar surface area (TPSA) is 29.0 Å². The minimum absolute atomic E-state index is 0.422. The number of aromatic nitrogens is 2. The second-order valence-electron chi connectivity index (χ2n) is 4.59. The molecule has 15 heavy (non-hydrogen) atoms. The van der Waals surface area contributed by atoms with Crippen molar-refractivity contribution >= 4 is 0 Å². The Bertz CT molecular complexity index is 299. The number of rotatable bonds is 3. The second kappa shape index (κ2) is 4.71. The van der Waals surface area contributed by atoms with Gasteiger partial charge in [0.2, 0.25) is 0 Å². The van der Waals surface area contributed by atoms with Crippen molar-refractivity contribution in [3.63, 3.8) is 0 Å². The molecule has 1 aromatic rings. The highest BCUT2D eigenvalue weighted by molar-refractivity contribution is 5.06. The van der Waals surface area contributed by atoms with Gasteiger partial charge in [0.15, 0.2) is 0 Å². The summed E-state index contributed by atoms with van der Waals surface area (Å²) in [6, 6.07) is 0. The van der Waals surface area contributed by atoms with Gasteiger partial charge >= 0.3 is 0 Å². The predicted molar refractivity (Wildman–Crippen MR) is 60.6 cm³/mol. The van der Waals surface area contributed by atoms with E-state index in [4.69, 9.17) is 0 Å². The van der Waals surface area contributed by atoms with Gasteiger partial charge in [0.05, 0.1) is 0 Å². The van der Waals surface area contributed by atoms with Crippen molar-refractivity contribution in [2.24, 2.45) is 0 Å². The van der Waals surface area contributed by atoms with Crippen molar-refractivity contribution in [2.45, 2.75) is 39.2 Å². The highest BCUT2D eigenvalue weighted by Crippen LogP contribution is 2.13. The lowest BCUT2D eigenvalue weighted by molar-refractivity contribution is 0.330. The van der Waals surface area contributed by atoms with Gasteiger partial charge in [-0.25, -0.2) is 9.97 Å². The van der Waals surface area contributed by atoms with Crippen LogP contribution in [0.3, 0.4) is 0 Å². The Morgan fingerprint density at radius 1 is 1.20 bits per heavy atom. The van der Waals surface area contributed by atoms with Gasteiger partial charge in [-0.2, -0.15) is 0 Å². The molecule has 1 aromatic heterocycles. The van der Waals surface area contributed by atoms with E-state index in [9.17, 15) is 0 Å². The Labute approximate surface area is 91.5 Å². The molecule has 0 aliphatic carbocycles. The molecule has 0 atom stereocenters. The molecule has 0 radical (unpaired) electrons. The van der Waals surface area contributed by atoms with Crippen molar-refractivity contribution in [3.8, 4) is 0 Å². The van der Waals surface area contributed by atoms with E-state index < -0.39 is 0 Å². The highest BCUT2D eigenvalue weighted by atomic mass is 15.1. The normalized spacial score (nSPS) is 17.5. The third-order valence-electron chi connectivity index (χ3n) is 2.85. The fourth-order valence-electron chi connectivity index (χ4n) is 1.94. The molecule has 2 rings (SSSR count). The number of hydrogen-bond acceptors (Lipinski definition) is 3. The van der Waals surface area contributed by atoms with Gasteiger partial charge in [0.25, 0.3) is 0 Å². The maximum Gasteiger partial charge on any atom is 0.130 e. The molecule has 1 fully saturated rings. The lowest BCUT2D eigenvalue weighted by Crippen LogP contribution is -2.18. The van der Waals surface area contributed by atoms with Gasteiger partial charge in [0.1, 0.15) is 5.82 Å². The fraction of sp³-hybridized carbons (Fsp3) is 0.667. The Balaban J connectivity index is 1.97. The average molecular weight is 205 g/mol. The maximum atomic E-state index is 4.38. The summed E-state index contributed by atoms with van der Waals surface area (Å²) in [6.45, 7) is 7.71. The fourth-order valence-corrected chi connectivity index (χ4v) is 1.94. The minimum atomic E-state index is 0.422. The van der Waals surface area contributed by atoms with Crippen LogP contribution in [0.5, 0.6) is 0 Å². The van der Waals surface area contributed by atoms with Crippen LogP contribution in [0.1, 0.15) is 44.0 Å². The zero-order chi connectivity index (χ0) is 10.7. The van der Waals surface area contributed by atoms with Gasteiger partial charge in [-0.05, 0) is 25.9 Å². The molecule has 0 unspecified atom stereocenters. The molecule has 0 amide bonds. The van der Waals surface area contributed by atoms with Crippen LogP contribution in [-0.2, 0) is 6.54 Å². The van der Waals surface area contributed by atoms with Crippen LogP contribution in [0.4, 0.5) is 0 Å². The van der Waals surface area contributed by atoms with E-state index in [1.807, 2.05) is 12.4 Å². The first-order chi connectivity index (χ1) is 7.25. The summed E-state index contributed by atoms with van der Waals surface area (Å²) in [5.74, 6) is 1.37. The highest BCUT2D eigenvalue weighted by Gasteiger charge is 2.12. The van der Waals surface area contributed by atoms with E-state index in [1.165, 1.54) is 31.5 Å². The molecular formula is C12H19N3. The van der Waals surface area contributed by atoms with E-state index >= 15 is 0 Å². The number of nitrogens with zero attached hydrogens (tertiary/aromatic N) is 3. The van der Waals surface area contributed by atoms with Gasteiger partial charge in [-0.1, -0.05) is 13.8 Å². The summed E-state index contributed by atoms with van der Waals surface area (Å²) in [5, 5.41) is 0.